The molecule has 1 amide bonds. The standard InChI is InChI=1S/C16H23BrN2O2/c1-10(2)21-15-8-12(7-13(17)9-15)16(20)19-5-4-14(18)6-11(19)3/h7-11,14H,4-6,18H2,1-3H3/t11-,14+/m0/s1. The van der Waals surface area contributed by atoms with Crippen LogP contribution in [-0.4, -0.2) is 35.5 Å². The van der Waals surface area contributed by atoms with Gasteiger partial charge < -0.3 is 15.4 Å². The van der Waals surface area contributed by atoms with Crippen molar-refractivity contribution >= 4 is 21.8 Å². The quantitative estimate of drug-likeness (QED) is 0.906. The van der Waals surface area contributed by atoms with Crippen molar-refractivity contribution in [3.05, 3.63) is 28.2 Å². The van der Waals surface area contributed by atoms with E-state index in [-0.39, 0.29) is 24.1 Å². The van der Waals surface area contributed by atoms with E-state index in [4.69, 9.17) is 10.5 Å². The fraction of sp³-hybridized carbons (Fsp3) is 0.562. The smallest absolute Gasteiger partial charge is 0.254 e. The van der Waals surface area contributed by atoms with Crippen molar-refractivity contribution in [2.45, 2.75) is 51.8 Å². The average molecular weight is 355 g/mol. The Bertz CT molecular complexity index is 519. The topological polar surface area (TPSA) is 55.6 Å². The number of benzene rings is 1. The summed E-state index contributed by atoms with van der Waals surface area (Å²) in [5.41, 5.74) is 6.62. The van der Waals surface area contributed by atoms with E-state index in [1.807, 2.05) is 36.9 Å². The summed E-state index contributed by atoms with van der Waals surface area (Å²) in [4.78, 5) is 14.6. The number of hydrogen-bond acceptors (Lipinski definition) is 3. The van der Waals surface area contributed by atoms with Crippen molar-refractivity contribution in [2.24, 2.45) is 5.73 Å². The predicted molar refractivity (Wildman–Crippen MR) is 87.6 cm³/mol. The molecule has 0 saturated carbocycles. The van der Waals surface area contributed by atoms with Gasteiger partial charge in [-0.15, -0.1) is 0 Å². The Labute approximate surface area is 134 Å². The lowest BCUT2D eigenvalue weighted by Gasteiger charge is -2.36. The maximum atomic E-state index is 12.7. The lowest BCUT2D eigenvalue weighted by Crippen LogP contribution is -2.48. The molecule has 0 aromatic heterocycles. The van der Waals surface area contributed by atoms with Crippen LogP contribution in [0.5, 0.6) is 5.75 Å². The van der Waals surface area contributed by atoms with Crippen LogP contribution in [0.25, 0.3) is 0 Å². The summed E-state index contributed by atoms with van der Waals surface area (Å²) >= 11 is 3.45. The van der Waals surface area contributed by atoms with E-state index >= 15 is 0 Å². The van der Waals surface area contributed by atoms with Gasteiger partial charge in [-0.05, 0) is 51.8 Å². The van der Waals surface area contributed by atoms with Crippen molar-refractivity contribution in [3.8, 4) is 5.75 Å². The molecular formula is C16H23BrN2O2. The summed E-state index contributed by atoms with van der Waals surface area (Å²) in [5.74, 6) is 0.758. The third-order valence-corrected chi connectivity index (χ3v) is 4.13. The number of hydrogen-bond donors (Lipinski definition) is 1. The molecule has 1 fully saturated rings. The average Bonchev–Trinajstić information content (AvgIpc) is 2.36. The number of carbonyl (C=O) groups excluding carboxylic acids is 1. The van der Waals surface area contributed by atoms with Crippen molar-refractivity contribution in [1.82, 2.24) is 4.90 Å². The SMILES string of the molecule is CC(C)Oc1cc(Br)cc(C(=O)N2CC[C@@H](N)C[C@@H]2C)c1. The molecule has 5 heteroatoms. The van der Waals surface area contributed by atoms with E-state index in [2.05, 4.69) is 22.9 Å². The fourth-order valence-corrected chi connectivity index (χ4v) is 3.17. The molecule has 0 spiro atoms. The largest absolute Gasteiger partial charge is 0.491 e. The second-order valence-electron chi connectivity index (χ2n) is 5.97. The monoisotopic (exact) mass is 354 g/mol. The van der Waals surface area contributed by atoms with E-state index in [1.165, 1.54) is 0 Å². The van der Waals surface area contributed by atoms with Gasteiger partial charge in [0.05, 0.1) is 6.10 Å². The lowest BCUT2D eigenvalue weighted by atomic mass is 9.98. The second kappa shape index (κ2) is 6.79. The molecule has 2 atom stereocenters. The molecule has 1 saturated heterocycles. The highest BCUT2D eigenvalue weighted by Gasteiger charge is 2.28. The molecule has 4 nitrogen and oxygen atoms in total. The molecule has 1 aliphatic rings. The van der Waals surface area contributed by atoms with Crippen LogP contribution in [0.1, 0.15) is 44.0 Å². The molecule has 21 heavy (non-hydrogen) atoms. The molecule has 116 valence electrons. The van der Waals surface area contributed by atoms with E-state index in [0.717, 1.165) is 17.3 Å². The number of nitrogens with two attached hydrogens (primary N) is 1. The molecule has 2 N–H and O–H groups in total. The van der Waals surface area contributed by atoms with Gasteiger partial charge in [-0.3, -0.25) is 4.79 Å². The summed E-state index contributed by atoms with van der Waals surface area (Å²) in [5, 5.41) is 0. The van der Waals surface area contributed by atoms with Crippen LogP contribution >= 0.6 is 15.9 Å². The van der Waals surface area contributed by atoms with Crippen LogP contribution in [0.3, 0.4) is 0 Å². The molecule has 0 radical (unpaired) electrons. The molecule has 1 aromatic rings. The molecule has 0 aliphatic carbocycles. The van der Waals surface area contributed by atoms with Gasteiger partial charge in [0.25, 0.3) is 5.91 Å². The molecular weight excluding hydrogens is 332 g/mol. The third-order valence-electron chi connectivity index (χ3n) is 3.67. The van der Waals surface area contributed by atoms with Crippen LogP contribution < -0.4 is 10.5 Å². The van der Waals surface area contributed by atoms with Crippen molar-refractivity contribution in [1.29, 1.82) is 0 Å². The van der Waals surface area contributed by atoms with E-state index in [9.17, 15) is 4.79 Å². The number of nitrogens with zero attached hydrogens (tertiary/aromatic N) is 1. The lowest BCUT2D eigenvalue weighted by molar-refractivity contribution is 0.0618. The van der Waals surface area contributed by atoms with Crippen LogP contribution in [-0.2, 0) is 0 Å². The molecule has 0 bridgehead atoms. The number of carbonyl (C=O) groups is 1. The summed E-state index contributed by atoms with van der Waals surface area (Å²) < 4.78 is 6.55. The van der Waals surface area contributed by atoms with Crippen molar-refractivity contribution < 1.29 is 9.53 Å². The number of likely N-dealkylation sites (tertiary alicyclic amines) is 1. The summed E-state index contributed by atoms with van der Waals surface area (Å²) in [6, 6.07) is 5.92. The first-order valence-electron chi connectivity index (χ1n) is 7.40. The molecule has 1 heterocycles. The Morgan fingerprint density at radius 2 is 2.14 bits per heavy atom. The van der Waals surface area contributed by atoms with E-state index < -0.39 is 0 Å². The van der Waals surface area contributed by atoms with Gasteiger partial charge in [-0.2, -0.15) is 0 Å². The van der Waals surface area contributed by atoms with Gasteiger partial charge in [0.15, 0.2) is 0 Å². The van der Waals surface area contributed by atoms with Gasteiger partial charge in [0.2, 0.25) is 0 Å². The second-order valence-corrected chi connectivity index (χ2v) is 6.89. The third kappa shape index (κ3) is 4.20. The summed E-state index contributed by atoms with van der Waals surface area (Å²) in [6.45, 7) is 6.71. The van der Waals surface area contributed by atoms with Gasteiger partial charge in [-0.25, -0.2) is 0 Å². The van der Waals surface area contributed by atoms with E-state index in [0.29, 0.717) is 17.9 Å². The van der Waals surface area contributed by atoms with Crippen LogP contribution in [0, 0.1) is 0 Å². The Morgan fingerprint density at radius 3 is 2.76 bits per heavy atom. The first-order valence-corrected chi connectivity index (χ1v) is 8.20. The minimum Gasteiger partial charge on any atom is -0.491 e. The molecule has 0 unspecified atom stereocenters. The Kier molecular flexibility index (Phi) is 5.27. The highest BCUT2D eigenvalue weighted by molar-refractivity contribution is 9.10. The predicted octanol–water partition coefficient (Wildman–Crippen LogP) is 3.19. The number of rotatable bonds is 3. The highest BCUT2D eigenvalue weighted by Crippen LogP contribution is 2.25. The van der Waals surface area contributed by atoms with Crippen molar-refractivity contribution in [2.75, 3.05) is 6.54 Å². The zero-order valence-corrected chi connectivity index (χ0v) is 14.4. The van der Waals surface area contributed by atoms with Gasteiger partial charge in [0.1, 0.15) is 5.75 Å². The van der Waals surface area contributed by atoms with Crippen LogP contribution in [0.15, 0.2) is 22.7 Å². The minimum absolute atomic E-state index is 0.0457. The zero-order valence-electron chi connectivity index (χ0n) is 12.8. The van der Waals surface area contributed by atoms with Crippen molar-refractivity contribution in [3.63, 3.8) is 0 Å². The number of ether oxygens (including phenoxy) is 1. The number of amides is 1. The summed E-state index contributed by atoms with van der Waals surface area (Å²) in [6.07, 6.45) is 1.79. The van der Waals surface area contributed by atoms with Gasteiger partial charge in [0, 0.05) is 28.7 Å². The molecule has 1 aliphatic heterocycles. The Balaban J connectivity index is 2.20. The first kappa shape index (κ1) is 16.3. The number of halogens is 1. The van der Waals surface area contributed by atoms with Gasteiger partial charge in [-0.1, -0.05) is 15.9 Å². The fourth-order valence-electron chi connectivity index (χ4n) is 2.70. The maximum Gasteiger partial charge on any atom is 0.254 e. The highest BCUT2D eigenvalue weighted by atomic mass is 79.9. The number of piperidine rings is 1. The molecule has 1 aromatic carbocycles. The normalized spacial score (nSPS) is 22.5. The minimum atomic E-state index is 0.0457. The van der Waals surface area contributed by atoms with Gasteiger partial charge >= 0.3 is 0 Å². The zero-order chi connectivity index (χ0) is 15.6. The van der Waals surface area contributed by atoms with Crippen LogP contribution in [0.2, 0.25) is 0 Å². The summed E-state index contributed by atoms with van der Waals surface area (Å²) in [7, 11) is 0. The Morgan fingerprint density at radius 1 is 1.43 bits per heavy atom. The maximum absolute atomic E-state index is 12.7. The molecule has 2 rings (SSSR count). The first-order chi connectivity index (χ1) is 9.86. The Hall–Kier alpha value is -1.07. The van der Waals surface area contributed by atoms with Crippen LogP contribution in [0.4, 0.5) is 0 Å². The van der Waals surface area contributed by atoms with E-state index in [1.54, 1.807) is 0 Å².